The van der Waals surface area contributed by atoms with Crippen molar-refractivity contribution in [1.29, 1.82) is 0 Å². The third-order valence-corrected chi connectivity index (χ3v) is 3.80. The van der Waals surface area contributed by atoms with E-state index in [0.717, 1.165) is 15.8 Å². The molecule has 5 heteroatoms. The number of rotatable bonds is 4. The topological polar surface area (TPSA) is 51.8 Å². The van der Waals surface area contributed by atoms with Crippen LogP contribution in [0.25, 0.3) is 0 Å². The molecule has 78 valence electrons. The summed E-state index contributed by atoms with van der Waals surface area (Å²) in [7, 11) is 0. The summed E-state index contributed by atoms with van der Waals surface area (Å²) in [6.45, 7) is 0.650. The molecular weight excluding hydrogens is 226 g/mol. The van der Waals surface area contributed by atoms with Crippen LogP contribution in [0.2, 0.25) is 0 Å². The van der Waals surface area contributed by atoms with Gasteiger partial charge in [0.05, 0.1) is 0 Å². The lowest BCUT2D eigenvalue weighted by Gasteiger charge is -2.04. The molecule has 0 unspecified atom stereocenters. The maximum Gasteiger partial charge on any atom is 0.156 e. The summed E-state index contributed by atoms with van der Waals surface area (Å²) in [5, 5.41) is 2.98. The van der Waals surface area contributed by atoms with Crippen molar-refractivity contribution in [1.82, 2.24) is 9.97 Å². The van der Waals surface area contributed by atoms with E-state index in [1.54, 1.807) is 35.5 Å². The molecule has 0 amide bonds. The van der Waals surface area contributed by atoms with E-state index in [1.807, 2.05) is 11.4 Å². The maximum absolute atomic E-state index is 5.55. The van der Waals surface area contributed by atoms with E-state index in [-0.39, 0.29) is 0 Å². The molecule has 0 spiro atoms. The molecule has 0 bridgehead atoms. The molecule has 2 heterocycles. The summed E-state index contributed by atoms with van der Waals surface area (Å²) in [6, 6.07) is 4.01. The Labute approximate surface area is 96.8 Å². The Morgan fingerprint density at radius 1 is 1.33 bits per heavy atom. The van der Waals surface area contributed by atoms with Crippen molar-refractivity contribution in [2.45, 2.75) is 15.8 Å². The van der Waals surface area contributed by atoms with Gasteiger partial charge in [-0.1, -0.05) is 6.07 Å². The monoisotopic (exact) mass is 237 g/mol. The summed E-state index contributed by atoms with van der Waals surface area (Å²) < 4.78 is 1.02. The van der Waals surface area contributed by atoms with Crippen LogP contribution in [0.4, 0.5) is 0 Å². The predicted molar refractivity (Wildman–Crippen MR) is 63.2 cm³/mol. The second-order valence-corrected chi connectivity index (χ2v) is 5.04. The van der Waals surface area contributed by atoms with Crippen molar-refractivity contribution < 1.29 is 0 Å². The molecule has 0 aliphatic carbocycles. The van der Waals surface area contributed by atoms with Crippen LogP contribution < -0.4 is 5.73 Å². The lowest BCUT2D eigenvalue weighted by Crippen LogP contribution is -2.04. The molecule has 0 fully saturated rings. The van der Waals surface area contributed by atoms with Gasteiger partial charge in [0, 0.05) is 17.8 Å². The van der Waals surface area contributed by atoms with E-state index in [9.17, 15) is 0 Å². The first-order chi connectivity index (χ1) is 7.40. The Kier molecular flexibility index (Phi) is 3.71. The van der Waals surface area contributed by atoms with Gasteiger partial charge in [-0.15, -0.1) is 11.3 Å². The van der Waals surface area contributed by atoms with Gasteiger partial charge in [-0.25, -0.2) is 9.97 Å². The third kappa shape index (κ3) is 2.77. The van der Waals surface area contributed by atoms with Crippen LogP contribution in [0.3, 0.4) is 0 Å². The van der Waals surface area contributed by atoms with Crippen molar-refractivity contribution in [2.24, 2.45) is 5.73 Å². The second-order valence-electron chi connectivity index (χ2n) is 2.91. The van der Waals surface area contributed by atoms with E-state index in [4.69, 9.17) is 5.73 Å². The number of nitrogens with two attached hydrogens (primary N) is 1. The number of hydrogen-bond acceptors (Lipinski definition) is 5. The first kappa shape index (κ1) is 10.6. The molecule has 15 heavy (non-hydrogen) atoms. The first-order valence-electron chi connectivity index (χ1n) is 4.61. The van der Waals surface area contributed by atoms with Crippen LogP contribution in [0, 0.1) is 0 Å². The summed E-state index contributed by atoms with van der Waals surface area (Å²) in [5.41, 5.74) is 6.75. The Hall–Kier alpha value is -0.910. The molecule has 2 aromatic heterocycles. The molecule has 0 saturated carbocycles. The molecule has 0 aliphatic heterocycles. The van der Waals surface area contributed by atoms with Gasteiger partial charge in [0.1, 0.15) is 5.03 Å². The highest BCUT2D eigenvalue weighted by molar-refractivity contribution is 8.01. The van der Waals surface area contributed by atoms with Crippen LogP contribution in [0.1, 0.15) is 5.56 Å². The molecule has 0 saturated heterocycles. The molecular formula is C10H11N3S2. The number of hydrogen-bond donors (Lipinski definition) is 1. The standard InChI is InChI=1S/C10H11N3S2/c11-4-3-8-2-1-5-12-9(8)15-10-13-6-7-14-10/h1-2,5-7H,3-4,11H2. The zero-order chi connectivity index (χ0) is 10.5. The SMILES string of the molecule is NCCc1cccnc1Sc1nccs1. The lowest BCUT2D eigenvalue weighted by molar-refractivity contribution is 0.911. The Bertz CT molecular complexity index is 414. The van der Waals surface area contributed by atoms with Gasteiger partial charge in [-0.2, -0.15) is 0 Å². The minimum Gasteiger partial charge on any atom is -0.330 e. The van der Waals surface area contributed by atoms with Gasteiger partial charge in [-0.05, 0) is 36.4 Å². The minimum atomic E-state index is 0.650. The van der Waals surface area contributed by atoms with E-state index in [0.29, 0.717) is 6.54 Å². The lowest BCUT2D eigenvalue weighted by atomic mass is 10.2. The van der Waals surface area contributed by atoms with Gasteiger partial charge in [-0.3, -0.25) is 0 Å². The van der Waals surface area contributed by atoms with Crippen molar-refractivity contribution >= 4 is 23.1 Å². The number of pyridine rings is 1. The fourth-order valence-electron chi connectivity index (χ4n) is 1.21. The van der Waals surface area contributed by atoms with Crippen LogP contribution in [-0.4, -0.2) is 16.5 Å². The molecule has 0 aromatic carbocycles. The van der Waals surface area contributed by atoms with Gasteiger partial charge >= 0.3 is 0 Å². The number of thiazole rings is 1. The summed E-state index contributed by atoms with van der Waals surface area (Å²) in [5.74, 6) is 0. The molecule has 0 aliphatic rings. The number of aromatic nitrogens is 2. The normalized spacial score (nSPS) is 10.5. The van der Waals surface area contributed by atoms with Crippen LogP contribution in [0.15, 0.2) is 39.3 Å². The van der Waals surface area contributed by atoms with Crippen molar-refractivity contribution in [3.63, 3.8) is 0 Å². The van der Waals surface area contributed by atoms with E-state index in [1.165, 1.54) is 5.56 Å². The molecule has 0 atom stereocenters. The van der Waals surface area contributed by atoms with Crippen LogP contribution in [0.5, 0.6) is 0 Å². The maximum atomic E-state index is 5.55. The van der Waals surface area contributed by atoms with Crippen molar-refractivity contribution in [3.05, 3.63) is 35.5 Å². The zero-order valence-electron chi connectivity index (χ0n) is 8.09. The third-order valence-electron chi connectivity index (χ3n) is 1.86. The van der Waals surface area contributed by atoms with Gasteiger partial charge in [0.2, 0.25) is 0 Å². The predicted octanol–water partition coefficient (Wildman–Crippen LogP) is 2.19. The highest BCUT2D eigenvalue weighted by Gasteiger charge is 2.06. The Morgan fingerprint density at radius 2 is 2.27 bits per heavy atom. The summed E-state index contributed by atoms with van der Waals surface area (Å²) in [4.78, 5) is 8.57. The summed E-state index contributed by atoms with van der Waals surface area (Å²) in [6.07, 6.45) is 4.47. The van der Waals surface area contributed by atoms with E-state index >= 15 is 0 Å². The zero-order valence-corrected chi connectivity index (χ0v) is 9.72. The van der Waals surface area contributed by atoms with E-state index < -0.39 is 0 Å². The van der Waals surface area contributed by atoms with Crippen molar-refractivity contribution in [3.8, 4) is 0 Å². The first-order valence-corrected chi connectivity index (χ1v) is 6.31. The smallest absolute Gasteiger partial charge is 0.156 e. The molecule has 0 radical (unpaired) electrons. The molecule has 2 N–H and O–H groups in total. The largest absolute Gasteiger partial charge is 0.330 e. The quantitative estimate of drug-likeness (QED) is 0.885. The fraction of sp³-hybridized carbons (Fsp3) is 0.200. The van der Waals surface area contributed by atoms with Crippen molar-refractivity contribution in [2.75, 3.05) is 6.54 Å². The second kappa shape index (κ2) is 5.25. The summed E-state index contributed by atoms with van der Waals surface area (Å²) >= 11 is 3.23. The van der Waals surface area contributed by atoms with Gasteiger partial charge in [0.15, 0.2) is 4.34 Å². The molecule has 2 rings (SSSR count). The number of nitrogens with zero attached hydrogens (tertiary/aromatic N) is 2. The Morgan fingerprint density at radius 3 is 3.00 bits per heavy atom. The van der Waals surface area contributed by atoms with Gasteiger partial charge < -0.3 is 5.73 Å². The van der Waals surface area contributed by atoms with Gasteiger partial charge in [0.25, 0.3) is 0 Å². The fourth-order valence-corrected chi connectivity index (χ4v) is 2.85. The van der Waals surface area contributed by atoms with Crippen LogP contribution >= 0.6 is 23.1 Å². The highest BCUT2D eigenvalue weighted by atomic mass is 32.2. The molecule has 3 nitrogen and oxygen atoms in total. The molecule has 2 aromatic rings. The average molecular weight is 237 g/mol. The average Bonchev–Trinajstić information content (AvgIpc) is 2.74. The highest BCUT2D eigenvalue weighted by Crippen LogP contribution is 2.29. The Balaban J connectivity index is 2.20. The van der Waals surface area contributed by atoms with Crippen LogP contribution in [-0.2, 0) is 6.42 Å². The van der Waals surface area contributed by atoms with E-state index in [2.05, 4.69) is 16.0 Å². The minimum absolute atomic E-state index is 0.650.